The molecule has 1 atom stereocenters. The molecule has 1 saturated heterocycles. The summed E-state index contributed by atoms with van der Waals surface area (Å²) in [6.45, 7) is 0. The van der Waals surface area contributed by atoms with Crippen molar-refractivity contribution < 1.29 is 12.8 Å². The fourth-order valence-electron chi connectivity index (χ4n) is 2.34. The quantitative estimate of drug-likeness (QED) is 0.806. The van der Waals surface area contributed by atoms with Crippen LogP contribution in [0.4, 0.5) is 10.1 Å². The maximum absolute atomic E-state index is 13.4. The number of sulfone groups is 1. The molecule has 2 aromatic rings. The summed E-state index contributed by atoms with van der Waals surface area (Å²) in [7, 11) is -3.05. The lowest BCUT2D eigenvalue weighted by molar-refractivity contribution is 0.489. The average Bonchev–Trinajstić information content (AvgIpc) is 2.93. The van der Waals surface area contributed by atoms with Gasteiger partial charge in [0.05, 0.1) is 17.5 Å². The maximum Gasteiger partial charge on any atom is 0.182 e. The zero-order chi connectivity index (χ0) is 14.3. The van der Waals surface area contributed by atoms with Crippen LogP contribution in [0.25, 0.3) is 11.4 Å². The lowest BCUT2D eigenvalue weighted by atomic mass is 10.1. The summed E-state index contributed by atoms with van der Waals surface area (Å²) in [5.74, 6) is -0.0650. The van der Waals surface area contributed by atoms with Crippen LogP contribution in [0, 0.1) is 5.82 Å². The first-order chi connectivity index (χ1) is 9.44. The Labute approximate surface area is 114 Å². The second kappa shape index (κ2) is 4.51. The number of nitrogens with two attached hydrogens (primary N) is 1. The van der Waals surface area contributed by atoms with Crippen molar-refractivity contribution in [2.45, 2.75) is 12.5 Å². The summed E-state index contributed by atoms with van der Waals surface area (Å²) >= 11 is 0. The number of rotatable bonds is 2. The lowest BCUT2D eigenvalue weighted by Crippen LogP contribution is -2.14. The van der Waals surface area contributed by atoms with Crippen LogP contribution in [0.15, 0.2) is 18.2 Å². The number of halogens is 1. The highest BCUT2D eigenvalue weighted by Crippen LogP contribution is 2.28. The molecule has 1 aromatic carbocycles. The van der Waals surface area contributed by atoms with E-state index < -0.39 is 15.7 Å². The predicted octanol–water partition coefficient (Wildman–Crippen LogP) is 0.421. The molecule has 0 aliphatic carbocycles. The second-order valence-electron chi connectivity index (χ2n) is 4.78. The van der Waals surface area contributed by atoms with Gasteiger partial charge < -0.3 is 5.73 Å². The SMILES string of the molecule is Nc1cc(F)cc(-c2nnnn2C2CCS(=O)(=O)C2)c1. The Hall–Kier alpha value is -2.03. The van der Waals surface area contributed by atoms with Crippen molar-refractivity contribution in [3.63, 3.8) is 0 Å². The van der Waals surface area contributed by atoms with Crippen LogP contribution in [-0.2, 0) is 9.84 Å². The first-order valence-corrected chi connectivity index (χ1v) is 7.81. The summed E-state index contributed by atoms with van der Waals surface area (Å²) in [6, 6.07) is 3.68. The summed E-state index contributed by atoms with van der Waals surface area (Å²) in [4.78, 5) is 0. The van der Waals surface area contributed by atoms with Crippen LogP contribution in [0.2, 0.25) is 0 Å². The minimum absolute atomic E-state index is 0.00413. The summed E-state index contributed by atoms with van der Waals surface area (Å²) in [5.41, 5.74) is 6.28. The van der Waals surface area contributed by atoms with Gasteiger partial charge in [-0.15, -0.1) is 5.10 Å². The second-order valence-corrected chi connectivity index (χ2v) is 7.01. The first kappa shape index (κ1) is 13.0. The topological polar surface area (TPSA) is 104 Å². The van der Waals surface area contributed by atoms with E-state index in [0.29, 0.717) is 17.8 Å². The van der Waals surface area contributed by atoms with Gasteiger partial charge in [0.1, 0.15) is 5.82 Å². The van der Waals surface area contributed by atoms with E-state index in [1.165, 1.54) is 16.8 Å². The maximum atomic E-state index is 13.4. The average molecular weight is 297 g/mol. The van der Waals surface area contributed by atoms with Gasteiger partial charge in [-0.3, -0.25) is 0 Å². The molecule has 20 heavy (non-hydrogen) atoms. The summed E-state index contributed by atoms with van der Waals surface area (Å²) in [5, 5.41) is 11.2. The van der Waals surface area contributed by atoms with Gasteiger partial charge in [0.25, 0.3) is 0 Å². The van der Waals surface area contributed by atoms with E-state index in [1.54, 1.807) is 6.07 Å². The van der Waals surface area contributed by atoms with Gasteiger partial charge in [-0.2, -0.15) is 0 Å². The van der Waals surface area contributed by atoms with E-state index in [-0.39, 0.29) is 23.2 Å². The van der Waals surface area contributed by atoms with Crippen LogP contribution < -0.4 is 5.73 Å². The number of tetrazole rings is 1. The van der Waals surface area contributed by atoms with E-state index in [0.717, 1.165) is 0 Å². The molecule has 0 spiro atoms. The molecule has 2 N–H and O–H groups in total. The minimum Gasteiger partial charge on any atom is -0.399 e. The van der Waals surface area contributed by atoms with Crippen molar-refractivity contribution in [2.75, 3.05) is 17.2 Å². The molecule has 106 valence electrons. The molecule has 1 aliphatic heterocycles. The van der Waals surface area contributed by atoms with E-state index in [9.17, 15) is 12.8 Å². The standard InChI is InChI=1S/C11H12FN5O2S/c12-8-3-7(4-9(13)5-8)11-14-15-16-17(11)10-1-2-20(18,19)6-10/h3-5,10H,1-2,6,13H2. The number of benzene rings is 1. The van der Waals surface area contributed by atoms with Crippen LogP contribution >= 0.6 is 0 Å². The number of hydrogen-bond donors (Lipinski definition) is 1. The minimum atomic E-state index is -3.05. The molecule has 0 bridgehead atoms. The van der Waals surface area contributed by atoms with Gasteiger partial charge in [-0.1, -0.05) is 0 Å². The van der Waals surface area contributed by atoms with Crippen LogP contribution in [0.5, 0.6) is 0 Å². The zero-order valence-electron chi connectivity index (χ0n) is 10.4. The highest BCUT2D eigenvalue weighted by atomic mass is 32.2. The summed E-state index contributed by atoms with van der Waals surface area (Å²) < 4.78 is 37.9. The number of nitrogen functional groups attached to an aromatic ring is 1. The summed E-state index contributed by atoms with van der Waals surface area (Å²) in [6.07, 6.45) is 0.450. The van der Waals surface area contributed by atoms with Crippen molar-refractivity contribution in [3.05, 3.63) is 24.0 Å². The van der Waals surface area contributed by atoms with Gasteiger partial charge in [-0.25, -0.2) is 17.5 Å². The Balaban J connectivity index is 2.02. The van der Waals surface area contributed by atoms with Crippen LogP contribution in [-0.4, -0.2) is 40.1 Å². The van der Waals surface area contributed by atoms with Crippen molar-refractivity contribution in [1.29, 1.82) is 0 Å². The molecule has 0 saturated carbocycles. The lowest BCUT2D eigenvalue weighted by Gasteiger charge is -2.10. The smallest absolute Gasteiger partial charge is 0.182 e. The molecule has 1 aliphatic rings. The highest BCUT2D eigenvalue weighted by Gasteiger charge is 2.31. The third-order valence-electron chi connectivity index (χ3n) is 3.23. The van der Waals surface area contributed by atoms with Crippen molar-refractivity contribution in [3.8, 4) is 11.4 Å². The Morgan fingerprint density at radius 3 is 2.80 bits per heavy atom. The fraction of sp³-hybridized carbons (Fsp3) is 0.364. The molecule has 3 rings (SSSR count). The predicted molar refractivity (Wildman–Crippen MR) is 69.9 cm³/mol. The Morgan fingerprint density at radius 2 is 2.15 bits per heavy atom. The van der Waals surface area contributed by atoms with E-state index in [2.05, 4.69) is 15.5 Å². The number of hydrogen-bond acceptors (Lipinski definition) is 6. The molecule has 9 heteroatoms. The fourth-order valence-corrected chi connectivity index (χ4v) is 4.03. The molecule has 1 unspecified atom stereocenters. The van der Waals surface area contributed by atoms with Gasteiger partial charge >= 0.3 is 0 Å². The molecular weight excluding hydrogens is 285 g/mol. The Bertz CT molecular complexity index is 738. The van der Waals surface area contributed by atoms with Crippen molar-refractivity contribution in [2.24, 2.45) is 0 Å². The highest BCUT2D eigenvalue weighted by molar-refractivity contribution is 7.91. The van der Waals surface area contributed by atoms with Crippen LogP contribution in [0.3, 0.4) is 0 Å². The third-order valence-corrected chi connectivity index (χ3v) is 4.98. The Morgan fingerprint density at radius 1 is 1.35 bits per heavy atom. The van der Waals surface area contributed by atoms with Gasteiger partial charge in [0, 0.05) is 11.3 Å². The van der Waals surface area contributed by atoms with E-state index in [4.69, 9.17) is 5.73 Å². The monoisotopic (exact) mass is 297 g/mol. The van der Waals surface area contributed by atoms with Gasteiger partial charge in [0.15, 0.2) is 15.7 Å². The van der Waals surface area contributed by atoms with Crippen LogP contribution in [0.1, 0.15) is 12.5 Å². The number of anilines is 1. The van der Waals surface area contributed by atoms with Gasteiger partial charge in [-0.05, 0) is 35.0 Å². The van der Waals surface area contributed by atoms with Crippen molar-refractivity contribution in [1.82, 2.24) is 20.2 Å². The Kier molecular flexibility index (Phi) is 2.93. The number of nitrogens with zero attached hydrogens (tertiary/aromatic N) is 4. The molecule has 1 fully saturated rings. The third kappa shape index (κ3) is 2.36. The zero-order valence-corrected chi connectivity index (χ0v) is 11.2. The molecule has 1 aromatic heterocycles. The van der Waals surface area contributed by atoms with E-state index in [1.807, 2.05) is 0 Å². The largest absolute Gasteiger partial charge is 0.399 e. The molecule has 0 radical (unpaired) electrons. The normalized spacial score (nSPS) is 21.1. The van der Waals surface area contributed by atoms with Crippen molar-refractivity contribution >= 4 is 15.5 Å². The number of aromatic nitrogens is 4. The molecule has 7 nitrogen and oxygen atoms in total. The first-order valence-electron chi connectivity index (χ1n) is 5.99. The van der Waals surface area contributed by atoms with E-state index >= 15 is 0 Å². The molecular formula is C11H12FN5O2S. The van der Waals surface area contributed by atoms with Gasteiger partial charge in [0.2, 0.25) is 0 Å². The molecule has 0 amide bonds. The molecule has 2 heterocycles.